The predicted molar refractivity (Wildman–Crippen MR) is 119 cm³/mol. The molecule has 0 aliphatic rings. The van der Waals surface area contributed by atoms with Gasteiger partial charge in [0.15, 0.2) is 0 Å². The van der Waals surface area contributed by atoms with Crippen LogP contribution in [0.5, 0.6) is 5.75 Å². The van der Waals surface area contributed by atoms with Gasteiger partial charge in [0, 0.05) is 30.7 Å². The topological polar surface area (TPSA) is 88.6 Å². The smallest absolute Gasteiger partial charge is 0.275 e. The van der Waals surface area contributed by atoms with E-state index in [0.29, 0.717) is 10.7 Å². The number of hydrogen-bond acceptors (Lipinski definition) is 6. The summed E-state index contributed by atoms with van der Waals surface area (Å²) < 4.78 is 31.3. The van der Waals surface area contributed by atoms with Gasteiger partial charge in [-0.15, -0.1) is 11.3 Å². The Hall–Kier alpha value is -2.75. The lowest BCUT2D eigenvalue weighted by Gasteiger charge is -2.16. The van der Waals surface area contributed by atoms with Crippen molar-refractivity contribution < 1.29 is 17.9 Å². The van der Waals surface area contributed by atoms with E-state index in [1.165, 1.54) is 31.5 Å². The molecule has 3 aromatic rings. The lowest BCUT2D eigenvalue weighted by atomic mass is 10.1. The van der Waals surface area contributed by atoms with E-state index in [1.54, 1.807) is 18.6 Å². The minimum Gasteiger partial charge on any atom is -0.497 e. The Morgan fingerprint density at radius 3 is 2.40 bits per heavy atom. The number of hydrogen-bond donors (Lipinski definition) is 1. The van der Waals surface area contributed by atoms with Gasteiger partial charge in [-0.1, -0.05) is 0 Å². The van der Waals surface area contributed by atoms with Gasteiger partial charge in [-0.25, -0.2) is 17.7 Å². The van der Waals surface area contributed by atoms with Crippen LogP contribution < -0.4 is 10.1 Å². The van der Waals surface area contributed by atoms with E-state index in [0.717, 1.165) is 26.7 Å². The highest BCUT2D eigenvalue weighted by Crippen LogP contribution is 2.28. The van der Waals surface area contributed by atoms with E-state index in [4.69, 9.17) is 4.74 Å². The minimum atomic E-state index is -3.62. The quantitative estimate of drug-likeness (QED) is 0.621. The van der Waals surface area contributed by atoms with Crippen molar-refractivity contribution in [1.82, 2.24) is 9.29 Å². The number of amides is 1. The second kappa shape index (κ2) is 8.55. The van der Waals surface area contributed by atoms with Crippen molar-refractivity contribution in [2.45, 2.75) is 18.7 Å². The summed E-state index contributed by atoms with van der Waals surface area (Å²) in [6.07, 6.45) is 0. The molecule has 9 heteroatoms. The Kier molecular flexibility index (Phi) is 6.25. The Labute approximate surface area is 180 Å². The number of sulfonamides is 1. The van der Waals surface area contributed by atoms with Crippen LogP contribution in [0, 0.1) is 13.8 Å². The zero-order valence-corrected chi connectivity index (χ0v) is 19.0. The first-order valence-electron chi connectivity index (χ1n) is 9.08. The van der Waals surface area contributed by atoms with Crippen LogP contribution >= 0.6 is 11.3 Å². The summed E-state index contributed by atoms with van der Waals surface area (Å²) in [6.45, 7) is 3.64. The largest absolute Gasteiger partial charge is 0.497 e. The molecular formula is C21H23N3O4S2. The molecule has 0 aliphatic carbocycles. The molecule has 2 aromatic carbocycles. The van der Waals surface area contributed by atoms with Crippen LogP contribution in [0.15, 0.2) is 46.7 Å². The normalized spacial score (nSPS) is 11.5. The SMILES string of the molecule is COc1ccc(-c2nc(C(=O)Nc3cc(S(=O)(=O)N(C)C)cc(C)c3C)cs2)cc1. The summed E-state index contributed by atoms with van der Waals surface area (Å²) in [6, 6.07) is 10.5. The number of rotatable bonds is 6. The Bertz CT molecular complexity index is 1180. The second-order valence-corrected chi connectivity index (χ2v) is 9.93. The standard InChI is InChI=1S/C21H23N3O4S2/c1-13-10-17(30(26,27)24(3)4)11-18(14(13)2)22-20(25)19-12-29-21(23-19)15-6-8-16(28-5)9-7-15/h6-12H,1-5H3,(H,22,25). The Morgan fingerprint density at radius 2 is 1.80 bits per heavy atom. The fourth-order valence-electron chi connectivity index (χ4n) is 2.75. The molecule has 0 atom stereocenters. The van der Waals surface area contributed by atoms with E-state index in [9.17, 15) is 13.2 Å². The number of ether oxygens (including phenoxy) is 1. The van der Waals surface area contributed by atoms with Crippen molar-refractivity contribution in [3.05, 3.63) is 58.6 Å². The van der Waals surface area contributed by atoms with Crippen LogP contribution in [0.3, 0.4) is 0 Å². The third kappa shape index (κ3) is 4.38. The summed E-state index contributed by atoms with van der Waals surface area (Å²) in [5.41, 5.74) is 3.16. The number of benzene rings is 2. The van der Waals surface area contributed by atoms with E-state index in [-0.39, 0.29) is 10.6 Å². The van der Waals surface area contributed by atoms with Crippen molar-refractivity contribution in [1.29, 1.82) is 0 Å². The van der Waals surface area contributed by atoms with Crippen LogP contribution in [0.1, 0.15) is 21.6 Å². The van der Waals surface area contributed by atoms with Gasteiger partial charge in [0.2, 0.25) is 10.0 Å². The van der Waals surface area contributed by atoms with Gasteiger partial charge < -0.3 is 10.1 Å². The lowest BCUT2D eigenvalue weighted by molar-refractivity contribution is 0.102. The molecule has 1 heterocycles. The molecule has 1 amide bonds. The molecule has 0 radical (unpaired) electrons. The molecule has 158 valence electrons. The average Bonchev–Trinajstić information content (AvgIpc) is 3.21. The second-order valence-electron chi connectivity index (χ2n) is 6.92. The molecule has 0 unspecified atom stereocenters. The van der Waals surface area contributed by atoms with E-state index in [1.807, 2.05) is 38.1 Å². The van der Waals surface area contributed by atoms with Gasteiger partial charge in [-0.2, -0.15) is 0 Å². The van der Waals surface area contributed by atoms with Crippen LogP contribution in [0.25, 0.3) is 10.6 Å². The first-order chi connectivity index (χ1) is 14.1. The van der Waals surface area contributed by atoms with Gasteiger partial charge in [0.05, 0.1) is 12.0 Å². The van der Waals surface area contributed by atoms with Crippen molar-refractivity contribution in [3.63, 3.8) is 0 Å². The highest BCUT2D eigenvalue weighted by molar-refractivity contribution is 7.89. The highest BCUT2D eigenvalue weighted by Gasteiger charge is 2.21. The highest BCUT2D eigenvalue weighted by atomic mass is 32.2. The number of carbonyl (C=O) groups excluding carboxylic acids is 1. The molecule has 1 N–H and O–H groups in total. The van der Waals surface area contributed by atoms with Crippen molar-refractivity contribution in [2.75, 3.05) is 26.5 Å². The zero-order chi connectivity index (χ0) is 22.1. The van der Waals surface area contributed by atoms with Gasteiger partial charge >= 0.3 is 0 Å². The number of nitrogens with zero attached hydrogens (tertiary/aromatic N) is 2. The number of carbonyl (C=O) groups is 1. The minimum absolute atomic E-state index is 0.128. The monoisotopic (exact) mass is 445 g/mol. The molecule has 0 spiro atoms. The van der Waals surface area contributed by atoms with Crippen molar-refractivity contribution in [2.24, 2.45) is 0 Å². The molecule has 30 heavy (non-hydrogen) atoms. The molecule has 0 aliphatic heterocycles. The summed E-state index contributed by atoms with van der Waals surface area (Å²) in [4.78, 5) is 17.3. The van der Waals surface area contributed by atoms with Crippen LogP contribution in [0.2, 0.25) is 0 Å². The van der Waals surface area contributed by atoms with Gasteiger partial charge in [-0.3, -0.25) is 4.79 Å². The van der Waals surface area contributed by atoms with E-state index < -0.39 is 15.9 Å². The molecule has 0 fully saturated rings. The molecule has 0 saturated heterocycles. The van der Waals surface area contributed by atoms with Crippen LogP contribution in [-0.4, -0.2) is 44.8 Å². The fourth-order valence-corrected chi connectivity index (χ4v) is 4.57. The van der Waals surface area contributed by atoms with Gasteiger partial charge in [-0.05, 0) is 61.4 Å². The van der Waals surface area contributed by atoms with Crippen LogP contribution in [-0.2, 0) is 10.0 Å². The summed E-state index contributed by atoms with van der Waals surface area (Å²) in [5.74, 6) is 0.347. The maximum Gasteiger partial charge on any atom is 0.275 e. The van der Waals surface area contributed by atoms with Gasteiger partial charge in [0.25, 0.3) is 5.91 Å². The summed E-state index contributed by atoms with van der Waals surface area (Å²) >= 11 is 1.36. The third-order valence-corrected chi connectivity index (χ3v) is 7.43. The number of anilines is 1. The molecule has 0 saturated carbocycles. The lowest BCUT2D eigenvalue weighted by Crippen LogP contribution is -2.23. The maximum atomic E-state index is 12.8. The third-order valence-electron chi connectivity index (χ3n) is 4.74. The number of methoxy groups -OCH3 is 1. The Balaban J connectivity index is 1.87. The average molecular weight is 446 g/mol. The molecule has 7 nitrogen and oxygen atoms in total. The number of aromatic nitrogens is 1. The van der Waals surface area contributed by atoms with Gasteiger partial charge in [0.1, 0.15) is 16.5 Å². The van der Waals surface area contributed by atoms with E-state index in [2.05, 4.69) is 10.3 Å². The van der Waals surface area contributed by atoms with E-state index >= 15 is 0 Å². The summed E-state index contributed by atoms with van der Waals surface area (Å²) in [5, 5.41) is 5.19. The first kappa shape index (κ1) is 21.9. The number of thiazole rings is 1. The fraction of sp³-hybridized carbons (Fsp3) is 0.238. The maximum absolute atomic E-state index is 12.8. The zero-order valence-electron chi connectivity index (χ0n) is 17.4. The Morgan fingerprint density at radius 1 is 1.13 bits per heavy atom. The van der Waals surface area contributed by atoms with Crippen molar-refractivity contribution in [3.8, 4) is 16.3 Å². The van der Waals surface area contributed by atoms with Crippen molar-refractivity contribution >= 4 is 33.0 Å². The molecule has 0 bridgehead atoms. The number of aryl methyl sites for hydroxylation is 1. The summed E-state index contributed by atoms with van der Waals surface area (Å²) in [7, 11) is 0.924. The first-order valence-corrected chi connectivity index (χ1v) is 11.4. The molecule has 3 rings (SSSR count). The van der Waals surface area contributed by atoms with Crippen LogP contribution in [0.4, 0.5) is 5.69 Å². The number of nitrogens with one attached hydrogen (secondary N) is 1. The molecular weight excluding hydrogens is 422 g/mol. The predicted octanol–water partition coefficient (Wildman–Crippen LogP) is 3.94. The molecule has 1 aromatic heterocycles.